The third kappa shape index (κ3) is 7.05. The summed E-state index contributed by atoms with van der Waals surface area (Å²) in [5.41, 5.74) is 0.100. The Hall–Kier alpha value is -4.44. The Bertz CT molecular complexity index is 1470. The molecule has 0 saturated heterocycles. The second-order valence-electron chi connectivity index (χ2n) is 8.14. The van der Waals surface area contributed by atoms with E-state index in [9.17, 15) is 14.4 Å². The number of aliphatic carboxylic acids is 1. The van der Waals surface area contributed by atoms with Crippen LogP contribution in [0.25, 0.3) is 0 Å². The molecule has 2 heterocycles. The van der Waals surface area contributed by atoms with Gasteiger partial charge in [0, 0.05) is 35.9 Å². The molecule has 0 radical (unpaired) electrons. The normalized spacial score (nSPS) is 10.7. The van der Waals surface area contributed by atoms with E-state index in [0.717, 1.165) is 10.1 Å². The van der Waals surface area contributed by atoms with E-state index in [2.05, 4.69) is 15.3 Å². The highest BCUT2D eigenvalue weighted by Gasteiger charge is 2.14. The van der Waals surface area contributed by atoms with Crippen molar-refractivity contribution in [3.8, 4) is 11.6 Å². The minimum absolute atomic E-state index is 0.0408. The van der Waals surface area contributed by atoms with Crippen LogP contribution in [0.4, 0.5) is 11.6 Å². The van der Waals surface area contributed by atoms with Crippen LogP contribution in [-0.4, -0.2) is 30.2 Å². The number of halogens is 1. The lowest BCUT2D eigenvalue weighted by molar-refractivity contribution is -0.137. The molecular weight excluding hydrogens is 498 g/mol. The number of nitrogens with one attached hydrogen (secondary N) is 1. The number of ether oxygens (including phenoxy) is 1. The fourth-order valence-electron chi connectivity index (χ4n) is 3.54. The summed E-state index contributed by atoms with van der Waals surface area (Å²) in [5.74, 6) is 0.160. The summed E-state index contributed by atoms with van der Waals surface area (Å²) >= 11 is 5.99. The minimum Gasteiger partial charge on any atom is -0.481 e. The molecule has 11 heteroatoms. The van der Waals surface area contributed by atoms with E-state index < -0.39 is 17.3 Å². The number of anilines is 2. The Morgan fingerprint density at radius 2 is 1.73 bits per heavy atom. The third-order valence-electron chi connectivity index (χ3n) is 5.40. The number of pyridine rings is 1. The molecule has 37 heavy (non-hydrogen) atoms. The van der Waals surface area contributed by atoms with Crippen LogP contribution in [0.5, 0.6) is 11.6 Å². The Morgan fingerprint density at radius 1 is 0.973 bits per heavy atom. The Balaban J connectivity index is 1.60. The molecule has 0 saturated carbocycles. The predicted molar refractivity (Wildman–Crippen MR) is 139 cm³/mol. The van der Waals surface area contributed by atoms with Gasteiger partial charge in [-0.2, -0.15) is 4.98 Å². The van der Waals surface area contributed by atoms with Crippen molar-refractivity contribution in [2.24, 2.45) is 0 Å². The number of aromatic nitrogens is 4. The standard InChI is InChI=1S/C26H24ClN5O5/c27-19-9-7-18(8-10-19)17-32-24(30-25(35)31(26(32)36)16-4-2-6-23(33)34)29-20-11-13-21(14-12-20)37-22-5-1-3-15-28-22/h1,3,5,7-15H,2,4,6,16-17H2,(H,33,34)(H,29,30,35). The van der Waals surface area contributed by atoms with E-state index in [-0.39, 0.29) is 25.5 Å². The zero-order valence-corrected chi connectivity index (χ0v) is 20.5. The molecule has 4 aromatic rings. The van der Waals surface area contributed by atoms with Gasteiger partial charge in [0.05, 0.1) is 6.54 Å². The fourth-order valence-corrected chi connectivity index (χ4v) is 3.67. The number of rotatable bonds is 11. The smallest absolute Gasteiger partial charge is 0.354 e. The molecule has 0 amide bonds. The number of hydrogen-bond donors (Lipinski definition) is 2. The molecular formula is C26H24ClN5O5. The van der Waals surface area contributed by atoms with Gasteiger partial charge < -0.3 is 15.2 Å². The van der Waals surface area contributed by atoms with E-state index in [1.54, 1.807) is 66.9 Å². The fraction of sp³-hybridized carbons (Fsp3) is 0.192. The first-order valence-corrected chi connectivity index (χ1v) is 11.9. The van der Waals surface area contributed by atoms with Crippen LogP contribution in [0, 0.1) is 0 Å². The van der Waals surface area contributed by atoms with E-state index in [0.29, 0.717) is 35.2 Å². The van der Waals surface area contributed by atoms with E-state index in [4.69, 9.17) is 21.4 Å². The summed E-state index contributed by atoms with van der Waals surface area (Å²) in [5, 5.41) is 12.4. The number of nitrogens with zero attached hydrogens (tertiary/aromatic N) is 4. The van der Waals surface area contributed by atoms with E-state index in [1.165, 1.54) is 4.57 Å². The number of carboxylic acids is 1. The monoisotopic (exact) mass is 521 g/mol. The van der Waals surface area contributed by atoms with Crippen molar-refractivity contribution in [3.63, 3.8) is 0 Å². The molecule has 0 aliphatic rings. The maximum Gasteiger partial charge on any atom is 0.354 e. The van der Waals surface area contributed by atoms with Gasteiger partial charge in [-0.05, 0) is 60.9 Å². The first-order chi connectivity index (χ1) is 17.9. The Kier molecular flexibility index (Phi) is 8.32. The average molecular weight is 522 g/mol. The van der Waals surface area contributed by atoms with Crippen molar-refractivity contribution in [2.75, 3.05) is 5.32 Å². The summed E-state index contributed by atoms with van der Waals surface area (Å²) in [7, 11) is 0. The van der Waals surface area contributed by atoms with Crippen molar-refractivity contribution in [1.82, 2.24) is 19.1 Å². The van der Waals surface area contributed by atoms with Gasteiger partial charge in [0.25, 0.3) is 0 Å². The molecule has 2 N–H and O–H groups in total. The zero-order chi connectivity index (χ0) is 26.2. The summed E-state index contributed by atoms with van der Waals surface area (Å²) in [6, 6.07) is 19.2. The summed E-state index contributed by atoms with van der Waals surface area (Å²) in [4.78, 5) is 45.1. The average Bonchev–Trinajstić information content (AvgIpc) is 2.88. The molecule has 10 nitrogen and oxygen atoms in total. The summed E-state index contributed by atoms with van der Waals surface area (Å²) < 4.78 is 8.08. The molecule has 4 rings (SSSR count). The van der Waals surface area contributed by atoms with Crippen molar-refractivity contribution < 1.29 is 14.6 Å². The molecule has 0 fully saturated rings. The number of benzene rings is 2. The maximum absolute atomic E-state index is 13.3. The van der Waals surface area contributed by atoms with Crippen LogP contribution in [0.1, 0.15) is 24.8 Å². The first kappa shape index (κ1) is 25.6. The minimum atomic E-state index is -0.929. The number of carbonyl (C=O) groups is 1. The van der Waals surface area contributed by atoms with Crippen molar-refractivity contribution in [1.29, 1.82) is 0 Å². The lowest BCUT2D eigenvalue weighted by atomic mass is 10.2. The molecule has 2 aromatic carbocycles. The predicted octanol–water partition coefficient (Wildman–Crippen LogP) is 4.29. The van der Waals surface area contributed by atoms with Gasteiger partial charge >= 0.3 is 17.3 Å². The van der Waals surface area contributed by atoms with Gasteiger partial charge in [-0.15, -0.1) is 0 Å². The zero-order valence-electron chi connectivity index (χ0n) is 19.7. The van der Waals surface area contributed by atoms with Crippen LogP contribution in [0.15, 0.2) is 82.5 Å². The van der Waals surface area contributed by atoms with Crippen LogP contribution in [-0.2, 0) is 17.9 Å². The highest BCUT2D eigenvalue weighted by molar-refractivity contribution is 6.30. The highest BCUT2D eigenvalue weighted by atomic mass is 35.5. The lowest BCUT2D eigenvalue weighted by Gasteiger charge is -2.16. The molecule has 190 valence electrons. The largest absolute Gasteiger partial charge is 0.481 e. The molecule has 0 bridgehead atoms. The van der Waals surface area contributed by atoms with Gasteiger partial charge in [0.2, 0.25) is 11.8 Å². The van der Waals surface area contributed by atoms with Crippen molar-refractivity contribution in [2.45, 2.75) is 32.4 Å². The Labute approximate surface area is 216 Å². The van der Waals surface area contributed by atoms with Crippen molar-refractivity contribution >= 4 is 29.2 Å². The second-order valence-corrected chi connectivity index (χ2v) is 8.57. The molecule has 0 aliphatic carbocycles. The number of unbranched alkanes of at least 4 members (excludes halogenated alkanes) is 1. The quantitative estimate of drug-likeness (QED) is 0.280. The van der Waals surface area contributed by atoms with Crippen LogP contribution < -0.4 is 21.4 Å². The van der Waals surface area contributed by atoms with Crippen LogP contribution in [0.3, 0.4) is 0 Å². The highest BCUT2D eigenvalue weighted by Crippen LogP contribution is 2.22. The molecule has 0 unspecified atom stereocenters. The first-order valence-electron chi connectivity index (χ1n) is 11.5. The molecule has 0 spiro atoms. The van der Waals surface area contributed by atoms with Gasteiger partial charge in [-0.1, -0.05) is 29.8 Å². The van der Waals surface area contributed by atoms with Crippen LogP contribution in [0.2, 0.25) is 5.02 Å². The van der Waals surface area contributed by atoms with Gasteiger partial charge in [-0.25, -0.2) is 19.1 Å². The molecule has 0 aliphatic heterocycles. The van der Waals surface area contributed by atoms with E-state index >= 15 is 0 Å². The maximum atomic E-state index is 13.3. The number of carboxylic acid groups (broad SMARTS) is 1. The van der Waals surface area contributed by atoms with Gasteiger partial charge in [0.1, 0.15) is 5.75 Å². The SMILES string of the molecule is O=C(O)CCCCn1c(=O)nc(Nc2ccc(Oc3ccccn3)cc2)n(Cc2ccc(Cl)cc2)c1=O. The van der Waals surface area contributed by atoms with Gasteiger partial charge in [-0.3, -0.25) is 9.36 Å². The second kappa shape index (κ2) is 12.0. The molecule has 2 aromatic heterocycles. The Morgan fingerprint density at radius 3 is 2.41 bits per heavy atom. The molecule has 0 atom stereocenters. The third-order valence-corrected chi connectivity index (χ3v) is 5.65. The summed E-state index contributed by atoms with van der Waals surface area (Å²) in [6.45, 7) is 0.208. The van der Waals surface area contributed by atoms with E-state index in [1.807, 2.05) is 6.07 Å². The topological polar surface area (TPSA) is 128 Å². The van der Waals surface area contributed by atoms with Crippen molar-refractivity contribution in [3.05, 3.63) is 104 Å². The number of hydrogen-bond acceptors (Lipinski definition) is 7. The summed E-state index contributed by atoms with van der Waals surface area (Å²) in [6.07, 6.45) is 2.28. The van der Waals surface area contributed by atoms with Crippen LogP contribution >= 0.6 is 11.6 Å². The van der Waals surface area contributed by atoms with Gasteiger partial charge in [0.15, 0.2) is 0 Å². The lowest BCUT2D eigenvalue weighted by Crippen LogP contribution is -2.42.